The average Bonchev–Trinajstić information content (AvgIpc) is 2.45. The number of aliphatic hydroxyl groups excluding tert-OH is 1. The van der Waals surface area contributed by atoms with Gasteiger partial charge in [0.1, 0.15) is 0 Å². The largest absolute Gasteiger partial charge is 0.395 e. The van der Waals surface area contributed by atoms with Crippen LogP contribution >= 0.6 is 0 Å². The van der Waals surface area contributed by atoms with Gasteiger partial charge in [0.15, 0.2) is 0 Å². The number of hydrogen-bond donors (Lipinski definition) is 2. The van der Waals surface area contributed by atoms with E-state index < -0.39 is 0 Å². The molecule has 0 aliphatic heterocycles. The summed E-state index contributed by atoms with van der Waals surface area (Å²) in [7, 11) is 3.95. The van der Waals surface area contributed by atoms with Crippen LogP contribution < -0.4 is 5.32 Å². The summed E-state index contributed by atoms with van der Waals surface area (Å²) < 4.78 is 0. The van der Waals surface area contributed by atoms with Crippen molar-refractivity contribution in [3.63, 3.8) is 0 Å². The lowest BCUT2D eigenvalue weighted by molar-refractivity contribution is 0.0919. The fourth-order valence-corrected chi connectivity index (χ4v) is 1.46. The number of carbonyl (C=O) groups excluding carboxylic acids is 1. The van der Waals surface area contributed by atoms with E-state index in [1.807, 2.05) is 14.1 Å². The quantitative estimate of drug-likeness (QED) is 0.790. The van der Waals surface area contributed by atoms with Crippen LogP contribution in [0.25, 0.3) is 0 Å². The van der Waals surface area contributed by atoms with Crippen LogP contribution in [0.15, 0.2) is 18.5 Å². The highest BCUT2D eigenvalue weighted by molar-refractivity contribution is 5.96. The fraction of sp³-hybridized carbons (Fsp3) is 0.500. The van der Waals surface area contributed by atoms with E-state index in [9.17, 15) is 4.79 Å². The maximum Gasteiger partial charge on any atom is 0.252 e. The molecule has 5 heteroatoms. The Morgan fingerprint density at radius 2 is 2.19 bits per heavy atom. The molecule has 5 nitrogen and oxygen atoms in total. The zero-order valence-electron chi connectivity index (χ0n) is 13.1. The van der Waals surface area contributed by atoms with Crippen molar-refractivity contribution in [3.8, 4) is 11.8 Å². The van der Waals surface area contributed by atoms with Crippen LogP contribution in [-0.2, 0) is 0 Å². The Balaban J connectivity index is 2.82. The van der Waals surface area contributed by atoms with Crippen molar-refractivity contribution in [1.82, 2.24) is 15.2 Å². The predicted molar refractivity (Wildman–Crippen MR) is 82.9 cm³/mol. The van der Waals surface area contributed by atoms with Gasteiger partial charge in [-0.05, 0) is 34.0 Å². The van der Waals surface area contributed by atoms with Crippen LogP contribution in [0.5, 0.6) is 0 Å². The van der Waals surface area contributed by atoms with E-state index in [0.717, 1.165) is 0 Å². The van der Waals surface area contributed by atoms with E-state index in [4.69, 9.17) is 5.11 Å². The smallest absolute Gasteiger partial charge is 0.252 e. The molecule has 0 saturated heterocycles. The minimum absolute atomic E-state index is 0.00577. The third-order valence-electron chi connectivity index (χ3n) is 3.42. The molecule has 0 aliphatic carbocycles. The summed E-state index contributed by atoms with van der Waals surface area (Å²) in [6, 6.07) is 1.65. The second-order valence-corrected chi connectivity index (χ2v) is 5.59. The Morgan fingerprint density at radius 1 is 1.48 bits per heavy atom. The van der Waals surface area contributed by atoms with E-state index in [1.54, 1.807) is 18.5 Å². The second kappa shape index (κ2) is 7.77. The predicted octanol–water partition coefficient (Wildman–Crippen LogP) is 0.885. The zero-order valence-corrected chi connectivity index (χ0v) is 13.1. The summed E-state index contributed by atoms with van der Waals surface area (Å²) in [5.41, 5.74) is 0.946. The highest BCUT2D eigenvalue weighted by atomic mass is 16.2. The molecule has 0 radical (unpaired) electrons. The summed E-state index contributed by atoms with van der Waals surface area (Å²) in [6.45, 7) is 4.65. The first-order valence-electron chi connectivity index (χ1n) is 6.88. The maximum absolute atomic E-state index is 12.3. The van der Waals surface area contributed by atoms with Gasteiger partial charge in [0, 0.05) is 30.9 Å². The zero-order chi connectivity index (χ0) is 15.9. The molecule has 1 aromatic heterocycles. The highest BCUT2D eigenvalue weighted by Crippen LogP contribution is 2.10. The number of pyridine rings is 1. The third-order valence-corrected chi connectivity index (χ3v) is 3.42. The maximum atomic E-state index is 12.3. The number of amides is 1. The Bertz CT molecular complexity index is 542. The lowest BCUT2D eigenvalue weighted by Crippen LogP contribution is -2.48. The molecule has 114 valence electrons. The lowest BCUT2D eigenvalue weighted by atomic mass is 10.0. The molecule has 0 spiro atoms. The molecular weight excluding hydrogens is 266 g/mol. The number of aliphatic hydroxyl groups is 1. The number of nitrogens with zero attached hydrogens (tertiary/aromatic N) is 2. The van der Waals surface area contributed by atoms with Gasteiger partial charge in [0.25, 0.3) is 5.91 Å². The Labute approximate surface area is 126 Å². The van der Waals surface area contributed by atoms with Crippen molar-refractivity contribution in [1.29, 1.82) is 0 Å². The molecule has 1 rings (SSSR count). The van der Waals surface area contributed by atoms with Crippen LogP contribution in [0.3, 0.4) is 0 Å². The second-order valence-electron chi connectivity index (χ2n) is 5.59. The molecule has 0 atom stereocenters. The third kappa shape index (κ3) is 5.18. The van der Waals surface area contributed by atoms with Gasteiger partial charge in [-0.15, -0.1) is 0 Å². The van der Waals surface area contributed by atoms with Crippen molar-refractivity contribution < 1.29 is 9.90 Å². The average molecular weight is 289 g/mol. The molecule has 0 aromatic carbocycles. The van der Waals surface area contributed by atoms with Gasteiger partial charge in [-0.25, -0.2) is 0 Å². The summed E-state index contributed by atoms with van der Waals surface area (Å²) in [5, 5.41) is 11.7. The van der Waals surface area contributed by atoms with E-state index in [2.05, 4.69) is 40.9 Å². The Morgan fingerprint density at radius 3 is 2.81 bits per heavy atom. The van der Waals surface area contributed by atoms with Crippen molar-refractivity contribution in [2.45, 2.75) is 25.8 Å². The SMILES string of the molecule is CN(C)C(C)(C)CNC(=O)c1ccncc1C#CCCO. The standard InChI is InChI=1S/C16H23N3O2/c1-16(2,19(3)4)12-18-15(21)14-8-9-17-11-13(14)7-5-6-10-20/h8-9,11,20H,6,10,12H2,1-4H3,(H,18,21). The highest BCUT2D eigenvalue weighted by Gasteiger charge is 2.21. The van der Waals surface area contributed by atoms with Gasteiger partial charge in [-0.1, -0.05) is 11.8 Å². The normalized spacial score (nSPS) is 11.0. The van der Waals surface area contributed by atoms with Crippen molar-refractivity contribution in [2.24, 2.45) is 0 Å². The first-order chi connectivity index (χ1) is 9.88. The number of aromatic nitrogens is 1. The van der Waals surface area contributed by atoms with Crippen LogP contribution in [-0.4, -0.2) is 53.7 Å². The van der Waals surface area contributed by atoms with Crippen LogP contribution in [0.1, 0.15) is 36.2 Å². The molecule has 1 aromatic rings. The molecule has 0 unspecified atom stereocenters. The Hall–Kier alpha value is -1.90. The summed E-state index contributed by atoms with van der Waals surface area (Å²) in [5.74, 6) is 5.51. The van der Waals surface area contributed by atoms with Gasteiger partial charge < -0.3 is 15.3 Å². The summed E-state index contributed by atoms with van der Waals surface area (Å²) in [6.07, 6.45) is 3.52. The number of likely N-dealkylation sites (N-methyl/N-ethyl adjacent to an activating group) is 1. The molecule has 21 heavy (non-hydrogen) atoms. The molecule has 2 N–H and O–H groups in total. The van der Waals surface area contributed by atoms with Crippen molar-refractivity contribution in [3.05, 3.63) is 29.6 Å². The topological polar surface area (TPSA) is 65.5 Å². The first kappa shape index (κ1) is 17.2. The van der Waals surface area contributed by atoms with Gasteiger partial charge in [-0.2, -0.15) is 0 Å². The van der Waals surface area contributed by atoms with Gasteiger partial charge in [0.2, 0.25) is 0 Å². The molecule has 0 saturated carbocycles. The van der Waals surface area contributed by atoms with Gasteiger partial charge >= 0.3 is 0 Å². The monoisotopic (exact) mass is 289 g/mol. The molecule has 0 bridgehead atoms. The van der Waals surface area contributed by atoms with Crippen LogP contribution in [0, 0.1) is 11.8 Å². The molecule has 0 fully saturated rings. The minimum atomic E-state index is -0.166. The number of hydrogen-bond acceptors (Lipinski definition) is 4. The molecule has 0 aliphatic rings. The van der Waals surface area contributed by atoms with Gasteiger partial charge in [0.05, 0.1) is 17.7 Å². The number of rotatable bonds is 5. The Kier molecular flexibility index (Phi) is 6.35. The molecule has 1 heterocycles. The van der Waals surface area contributed by atoms with Crippen molar-refractivity contribution >= 4 is 5.91 Å². The molecule has 1 amide bonds. The number of carbonyl (C=O) groups is 1. The summed E-state index contributed by atoms with van der Waals surface area (Å²) >= 11 is 0. The fourth-order valence-electron chi connectivity index (χ4n) is 1.46. The van der Waals surface area contributed by atoms with E-state index in [-0.39, 0.29) is 18.1 Å². The van der Waals surface area contributed by atoms with E-state index in [1.165, 1.54) is 0 Å². The van der Waals surface area contributed by atoms with Crippen LogP contribution in [0.4, 0.5) is 0 Å². The van der Waals surface area contributed by atoms with E-state index >= 15 is 0 Å². The summed E-state index contributed by atoms with van der Waals surface area (Å²) in [4.78, 5) is 18.3. The first-order valence-corrected chi connectivity index (χ1v) is 6.88. The lowest BCUT2D eigenvalue weighted by Gasteiger charge is -2.32. The van der Waals surface area contributed by atoms with Crippen LogP contribution in [0.2, 0.25) is 0 Å². The van der Waals surface area contributed by atoms with Crippen molar-refractivity contribution in [2.75, 3.05) is 27.2 Å². The molecular formula is C16H23N3O2. The number of nitrogens with one attached hydrogen (secondary N) is 1. The van der Waals surface area contributed by atoms with E-state index in [0.29, 0.717) is 24.1 Å². The minimum Gasteiger partial charge on any atom is -0.395 e. The van der Waals surface area contributed by atoms with Gasteiger partial charge in [-0.3, -0.25) is 9.78 Å².